The quantitative estimate of drug-likeness (QED) is 0.576. The van der Waals surface area contributed by atoms with E-state index in [0.29, 0.717) is 16.9 Å². The second-order valence-corrected chi connectivity index (χ2v) is 11.5. The van der Waals surface area contributed by atoms with Crippen molar-refractivity contribution >= 4 is 20.8 Å². The molecule has 1 aliphatic heterocycles. The first kappa shape index (κ1) is 23.0. The fraction of sp³-hybridized carbons (Fsp3) is 0.583. The minimum absolute atomic E-state index is 0.120. The van der Waals surface area contributed by atoms with Crippen molar-refractivity contribution in [3.63, 3.8) is 0 Å². The molecule has 2 aromatic carbocycles. The summed E-state index contributed by atoms with van der Waals surface area (Å²) in [6.07, 6.45) is 4.74. The Balaban J connectivity index is 1.88. The van der Waals surface area contributed by atoms with Crippen molar-refractivity contribution in [2.75, 3.05) is 6.61 Å². The number of fused-ring (bicyclic) bond motifs is 1. The van der Waals surface area contributed by atoms with Crippen LogP contribution in [0.4, 0.5) is 0 Å². The van der Waals surface area contributed by atoms with E-state index >= 15 is 0 Å². The van der Waals surface area contributed by atoms with Crippen molar-refractivity contribution in [3.8, 4) is 5.75 Å². The second kappa shape index (κ2) is 8.85. The van der Waals surface area contributed by atoms with Gasteiger partial charge < -0.3 is 10.1 Å². The average Bonchev–Trinajstić information content (AvgIpc) is 2.62. The van der Waals surface area contributed by atoms with Crippen LogP contribution in [0.1, 0.15) is 66.7 Å². The molecular weight excluding hydrogens is 396 g/mol. The second-order valence-electron chi connectivity index (χ2n) is 9.78. The fourth-order valence-corrected chi connectivity index (χ4v) is 6.27. The van der Waals surface area contributed by atoms with E-state index in [1.165, 1.54) is 0 Å². The van der Waals surface area contributed by atoms with Crippen molar-refractivity contribution < 1.29 is 13.2 Å². The topological polar surface area (TPSA) is 67.4 Å². The van der Waals surface area contributed by atoms with Gasteiger partial charge in [0, 0.05) is 27.9 Å². The molecule has 6 heteroatoms. The Bertz CT molecular complexity index is 967. The van der Waals surface area contributed by atoms with Crippen LogP contribution in [-0.2, 0) is 10.0 Å². The molecular formula is C24H36N2O3S. The summed E-state index contributed by atoms with van der Waals surface area (Å²) in [6, 6.07) is 10.9. The largest absolute Gasteiger partial charge is 0.493 e. The molecule has 0 amide bonds. The predicted molar refractivity (Wildman–Crippen MR) is 124 cm³/mol. The minimum Gasteiger partial charge on any atom is -0.493 e. The average molecular weight is 433 g/mol. The van der Waals surface area contributed by atoms with E-state index in [1.54, 1.807) is 12.1 Å². The molecule has 1 saturated heterocycles. The van der Waals surface area contributed by atoms with Crippen molar-refractivity contribution in [2.45, 2.75) is 88.7 Å². The lowest BCUT2D eigenvalue weighted by Gasteiger charge is -2.46. The molecule has 1 heterocycles. The molecule has 1 fully saturated rings. The first-order valence-corrected chi connectivity index (χ1v) is 12.5. The van der Waals surface area contributed by atoms with E-state index in [0.717, 1.165) is 43.2 Å². The molecule has 2 N–H and O–H groups in total. The first-order valence-electron chi connectivity index (χ1n) is 11.0. The fourth-order valence-electron chi connectivity index (χ4n) is 4.83. The third-order valence-electron chi connectivity index (χ3n) is 5.65. The monoisotopic (exact) mass is 432 g/mol. The number of benzene rings is 2. The summed E-state index contributed by atoms with van der Waals surface area (Å²) in [7, 11) is -3.67. The van der Waals surface area contributed by atoms with E-state index in [-0.39, 0.29) is 17.1 Å². The number of piperidine rings is 1. The number of unbranched alkanes of at least 4 members (excludes halogenated alkanes) is 2. The van der Waals surface area contributed by atoms with Gasteiger partial charge in [-0.2, -0.15) is 0 Å². The molecule has 0 saturated carbocycles. The van der Waals surface area contributed by atoms with Crippen LogP contribution >= 0.6 is 0 Å². The zero-order valence-electron chi connectivity index (χ0n) is 18.9. The van der Waals surface area contributed by atoms with Gasteiger partial charge in [0.1, 0.15) is 5.75 Å². The van der Waals surface area contributed by atoms with Crippen LogP contribution in [0.2, 0.25) is 0 Å². The smallest absolute Gasteiger partial charge is 0.241 e. The normalized spacial score (nSPS) is 19.1. The minimum atomic E-state index is -3.67. The zero-order valence-corrected chi connectivity index (χ0v) is 19.7. The first-order chi connectivity index (χ1) is 14.0. The summed E-state index contributed by atoms with van der Waals surface area (Å²) < 4.78 is 35.7. The van der Waals surface area contributed by atoms with Gasteiger partial charge in [0.05, 0.1) is 11.5 Å². The maximum Gasteiger partial charge on any atom is 0.241 e. The van der Waals surface area contributed by atoms with E-state index in [4.69, 9.17) is 4.74 Å². The molecule has 0 radical (unpaired) electrons. The molecule has 1 aliphatic rings. The molecule has 0 aliphatic carbocycles. The Morgan fingerprint density at radius 2 is 1.63 bits per heavy atom. The summed E-state index contributed by atoms with van der Waals surface area (Å²) >= 11 is 0. The zero-order chi connectivity index (χ0) is 22.0. The maximum absolute atomic E-state index is 13.4. The Labute approximate surface area is 181 Å². The number of nitrogens with one attached hydrogen (secondary N) is 2. The van der Waals surface area contributed by atoms with Crippen molar-refractivity contribution in [2.24, 2.45) is 0 Å². The van der Waals surface area contributed by atoms with Crippen LogP contribution in [-0.4, -0.2) is 32.1 Å². The van der Waals surface area contributed by atoms with Gasteiger partial charge in [0.15, 0.2) is 0 Å². The number of sulfonamides is 1. The van der Waals surface area contributed by atoms with Crippen molar-refractivity contribution in [1.82, 2.24) is 10.0 Å². The Hall–Kier alpha value is -1.63. The van der Waals surface area contributed by atoms with Crippen LogP contribution in [0.3, 0.4) is 0 Å². The van der Waals surface area contributed by atoms with Gasteiger partial charge in [-0.15, -0.1) is 0 Å². The number of rotatable bonds is 8. The van der Waals surface area contributed by atoms with Gasteiger partial charge in [-0.3, -0.25) is 0 Å². The molecule has 166 valence electrons. The van der Waals surface area contributed by atoms with Crippen LogP contribution in [0.25, 0.3) is 10.8 Å². The Kier molecular flexibility index (Phi) is 6.80. The van der Waals surface area contributed by atoms with Crippen LogP contribution in [0, 0.1) is 0 Å². The summed E-state index contributed by atoms with van der Waals surface area (Å²) in [5, 5.41) is 5.14. The van der Waals surface area contributed by atoms with Gasteiger partial charge in [0.2, 0.25) is 10.0 Å². The molecule has 0 bridgehead atoms. The molecule has 0 atom stereocenters. The van der Waals surface area contributed by atoms with Crippen LogP contribution < -0.4 is 14.8 Å². The summed E-state index contributed by atoms with van der Waals surface area (Å²) in [4.78, 5) is 0.313. The highest BCUT2D eigenvalue weighted by Gasteiger charge is 2.39. The molecule has 0 aromatic heterocycles. The lowest BCUT2D eigenvalue weighted by Crippen LogP contribution is -2.62. The molecule has 0 unspecified atom stereocenters. The number of hydrogen-bond acceptors (Lipinski definition) is 4. The molecule has 3 rings (SSSR count). The highest BCUT2D eigenvalue weighted by molar-refractivity contribution is 7.89. The van der Waals surface area contributed by atoms with E-state index in [1.807, 2.05) is 24.3 Å². The predicted octanol–water partition coefficient (Wildman–Crippen LogP) is 5.00. The van der Waals surface area contributed by atoms with Crippen LogP contribution in [0.5, 0.6) is 5.75 Å². The Morgan fingerprint density at radius 3 is 2.27 bits per heavy atom. The van der Waals surface area contributed by atoms with Crippen LogP contribution in [0.15, 0.2) is 41.3 Å². The van der Waals surface area contributed by atoms with E-state index in [9.17, 15) is 8.42 Å². The van der Waals surface area contributed by atoms with Gasteiger partial charge >= 0.3 is 0 Å². The van der Waals surface area contributed by atoms with Gasteiger partial charge in [-0.25, -0.2) is 13.1 Å². The third-order valence-corrected chi connectivity index (χ3v) is 7.23. The number of ether oxygens (including phenoxy) is 1. The van der Waals surface area contributed by atoms with E-state index in [2.05, 4.69) is 44.7 Å². The summed E-state index contributed by atoms with van der Waals surface area (Å²) in [5.41, 5.74) is -0.264. The van der Waals surface area contributed by atoms with Gasteiger partial charge in [-0.1, -0.05) is 44.0 Å². The molecule has 0 spiro atoms. The third kappa shape index (κ3) is 5.54. The summed E-state index contributed by atoms with van der Waals surface area (Å²) in [6.45, 7) is 11.3. The van der Waals surface area contributed by atoms with Crippen molar-refractivity contribution in [3.05, 3.63) is 36.4 Å². The maximum atomic E-state index is 13.4. The van der Waals surface area contributed by atoms with Gasteiger partial charge in [0.25, 0.3) is 0 Å². The lowest BCUT2D eigenvalue weighted by atomic mass is 9.80. The SMILES string of the molecule is CCCCCOc1ccc(S(=O)(=O)NC2CC(C)(C)NC(C)(C)C2)c2ccccc12. The van der Waals surface area contributed by atoms with E-state index < -0.39 is 10.0 Å². The standard InChI is InChI=1S/C24H36N2O3S/c1-6-7-10-15-29-21-13-14-22(20-12-9-8-11-19(20)21)30(27,28)25-18-16-23(2,3)26-24(4,5)17-18/h8-9,11-14,18,25-26H,6-7,10,15-17H2,1-5H3. The van der Waals surface area contributed by atoms with Crippen molar-refractivity contribution in [1.29, 1.82) is 0 Å². The summed E-state index contributed by atoms with van der Waals surface area (Å²) in [5.74, 6) is 0.741. The highest BCUT2D eigenvalue weighted by atomic mass is 32.2. The molecule has 2 aromatic rings. The molecule has 30 heavy (non-hydrogen) atoms. The van der Waals surface area contributed by atoms with Gasteiger partial charge in [-0.05, 0) is 59.1 Å². The Morgan fingerprint density at radius 1 is 1.00 bits per heavy atom. The highest BCUT2D eigenvalue weighted by Crippen LogP contribution is 2.33. The molecule has 5 nitrogen and oxygen atoms in total. The lowest BCUT2D eigenvalue weighted by molar-refractivity contribution is 0.157. The number of hydrogen-bond donors (Lipinski definition) is 2.